The number of hydrogen-bond donors (Lipinski definition) is 0. The molecule has 1 fully saturated rings. The van der Waals surface area contributed by atoms with E-state index >= 15 is 0 Å². The van der Waals surface area contributed by atoms with Crippen molar-refractivity contribution in [3.8, 4) is 0 Å². The van der Waals surface area contributed by atoms with Gasteiger partial charge in [0, 0.05) is 7.11 Å². The summed E-state index contributed by atoms with van der Waals surface area (Å²) in [4.78, 5) is 2.45. The van der Waals surface area contributed by atoms with Crippen LogP contribution < -0.4 is 0 Å². The summed E-state index contributed by atoms with van der Waals surface area (Å²) in [5, 5.41) is 0. The molecule has 6 heteroatoms. The molecule has 0 atom stereocenters. The first-order valence-electron chi connectivity index (χ1n) is 7.89. The third-order valence-corrected chi connectivity index (χ3v) is 6.23. The smallest absolute Gasteiger partial charge is 0.377 e. The molecule has 0 spiro atoms. The molecule has 1 aliphatic heterocycles. The van der Waals surface area contributed by atoms with Crippen LogP contribution in [0.25, 0.3) is 0 Å². The minimum atomic E-state index is -2.56. The van der Waals surface area contributed by atoms with Crippen molar-refractivity contribution in [2.75, 3.05) is 52.8 Å². The molecule has 0 aliphatic carbocycles. The molecule has 20 heavy (non-hydrogen) atoms. The Hall–Kier alpha value is 0.0169. The minimum Gasteiger partial charge on any atom is -0.377 e. The largest absolute Gasteiger partial charge is 0.515 e. The number of unbranched alkanes of at least 4 members (excludes halogenated alkanes) is 2. The summed E-state index contributed by atoms with van der Waals surface area (Å²) in [6.45, 7) is 9.03. The van der Waals surface area contributed by atoms with E-state index in [9.17, 15) is 0 Å². The van der Waals surface area contributed by atoms with Crippen LogP contribution in [0.5, 0.6) is 0 Å². The van der Waals surface area contributed by atoms with E-state index < -0.39 is 8.80 Å². The van der Waals surface area contributed by atoms with E-state index in [0.717, 1.165) is 19.3 Å². The summed E-state index contributed by atoms with van der Waals surface area (Å²) < 4.78 is 22.9. The maximum absolute atomic E-state index is 5.94. The molecular formula is C14H31NO4Si. The first-order valence-corrected chi connectivity index (χ1v) is 9.82. The minimum absolute atomic E-state index is 0.565. The van der Waals surface area contributed by atoms with Gasteiger partial charge in [0.15, 0.2) is 0 Å². The van der Waals surface area contributed by atoms with Crippen molar-refractivity contribution >= 4 is 8.80 Å². The topological polar surface area (TPSA) is 40.2 Å². The van der Waals surface area contributed by atoms with Crippen LogP contribution in [0.1, 0.15) is 39.5 Å². The molecule has 120 valence electrons. The normalized spacial score (nSPS) is 19.8. The Morgan fingerprint density at radius 3 is 1.95 bits per heavy atom. The molecule has 0 amide bonds. The van der Waals surface area contributed by atoms with E-state index in [2.05, 4.69) is 18.7 Å². The summed E-state index contributed by atoms with van der Waals surface area (Å²) in [5.74, 6) is 0. The van der Waals surface area contributed by atoms with Gasteiger partial charge < -0.3 is 18.0 Å². The lowest BCUT2D eigenvalue weighted by Gasteiger charge is -2.34. The predicted molar refractivity (Wildman–Crippen MR) is 81.7 cm³/mol. The molecule has 0 radical (unpaired) electrons. The zero-order valence-electron chi connectivity index (χ0n) is 13.4. The Morgan fingerprint density at radius 2 is 1.50 bits per heavy atom. The van der Waals surface area contributed by atoms with E-state index in [0.29, 0.717) is 26.4 Å². The van der Waals surface area contributed by atoms with Gasteiger partial charge in [-0.1, -0.05) is 26.7 Å². The van der Waals surface area contributed by atoms with Gasteiger partial charge >= 0.3 is 8.80 Å². The van der Waals surface area contributed by atoms with Gasteiger partial charge in [-0.2, -0.15) is 0 Å². The van der Waals surface area contributed by atoms with Gasteiger partial charge in [0.05, 0.1) is 32.6 Å². The van der Waals surface area contributed by atoms with Crippen LogP contribution in [0.3, 0.4) is 0 Å². The van der Waals surface area contributed by atoms with E-state index in [-0.39, 0.29) is 0 Å². The van der Waals surface area contributed by atoms with Crippen molar-refractivity contribution in [3.63, 3.8) is 0 Å². The van der Waals surface area contributed by atoms with Crippen LogP contribution in [0.2, 0.25) is 0 Å². The van der Waals surface area contributed by atoms with E-state index in [4.69, 9.17) is 18.0 Å². The molecule has 0 aromatic heterocycles. The number of ether oxygens (including phenoxy) is 1. The molecule has 0 saturated carbocycles. The molecule has 1 rings (SSSR count). The van der Waals surface area contributed by atoms with Gasteiger partial charge in [0.1, 0.15) is 0 Å². The van der Waals surface area contributed by atoms with Gasteiger partial charge in [-0.25, -0.2) is 0 Å². The number of rotatable bonds is 9. The standard InChI is InChI=1S/C14H31NO4Si/c1-4-6-8-15(9-7-5-2)14-20(16-3)18-12-10-17-11-13-19-20/h4-14H2,1-3H3. The Labute approximate surface area is 124 Å². The average molecular weight is 305 g/mol. The third-order valence-electron chi connectivity index (χ3n) is 3.48. The van der Waals surface area contributed by atoms with Crippen molar-refractivity contribution < 1.29 is 18.0 Å². The highest BCUT2D eigenvalue weighted by Gasteiger charge is 2.42. The highest BCUT2D eigenvalue weighted by Crippen LogP contribution is 2.14. The molecule has 5 nitrogen and oxygen atoms in total. The molecule has 1 heterocycles. The van der Waals surface area contributed by atoms with Crippen molar-refractivity contribution in [3.05, 3.63) is 0 Å². The van der Waals surface area contributed by atoms with Gasteiger partial charge in [-0.3, -0.25) is 4.90 Å². The molecule has 0 aromatic rings. The maximum atomic E-state index is 5.94. The van der Waals surface area contributed by atoms with Crippen LogP contribution in [-0.2, 0) is 18.0 Å². The second-order valence-corrected chi connectivity index (χ2v) is 7.85. The fourth-order valence-electron chi connectivity index (χ4n) is 2.24. The molecule has 1 saturated heterocycles. The molecule has 0 unspecified atom stereocenters. The lowest BCUT2D eigenvalue weighted by atomic mass is 10.3. The van der Waals surface area contributed by atoms with Gasteiger partial charge in [0.25, 0.3) is 0 Å². The van der Waals surface area contributed by atoms with Crippen LogP contribution in [-0.4, -0.2) is 66.5 Å². The zero-order valence-corrected chi connectivity index (χ0v) is 14.4. The first kappa shape index (κ1) is 18.1. The third kappa shape index (κ3) is 6.65. The Bertz CT molecular complexity index is 227. The summed E-state index contributed by atoms with van der Waals surface area (Å²) in [7, 11) is -0.842. The Balaban J connectivity index is 2.57. The summed E-state index contributed by atoms with van der Waals surface area (Å²) in [6, 6.07) is 0. The Kier molecular flexibility index (Phi) is 9.67. The quantitative estimate of drug-likeness (QED) is 0.610. The first-order chi connectivity index (χ1) is 9.76. The lowest BCUT2D eigenvalue weighted by Crippen LogP contribution is -2.56. The van der Waals surface area contributed by atoms with E-state index in [1.54, 1.807) is 7.11 Å². The highest BCUT2D eigenvalue weighted by atomic mass is 28.4. The maximum Gasteiger partial charge on any atom is 0.515 e. The van der Waals surface area contributed by atoms with Crippen LogP contribution in [0.15, 0.2) is 0 Å². The molecule has 0 bridgehead atoms. The van der Waals surface area contributed by atoms with Crippen LogP contribution in [0.4, 0.5) is 0 Å². The second-order valence-electron chi connectivity index (χ2n) is 5.18. The summed E-state index contributed by atoms with van der Waals surface area (Å²) in [5.41, 5.74) is 0. The van der Waals surface area contributed by atoms with Crippen molar-refractivity contribution in [2.45, 2.75) is 39.5 Å². The molecular weight excluding hydrogens is 274 g/mol. The van der Waals surface area contributed by atoms with Crippen molar-refractivity contribution in [1.82, 2.24) is 4.90 Å². The summed E-state index contributed by atoms with van der Waals surface area (Å²) in [6.07, 6.45) is 5.63. The van der Waals surface area contributed by atoms with Gasteiger partial charge in [0.2, 0.25) is 0 Å². The van der Waals surface area contributed by atoms with Gasteiger partial charge in [-0.05, 0) is 25.9 Å². The fraction of sp³-hybridized carbons (Fsp3) is 1.00. The predicted octanol–water partition coefficient (Wildman–Crippen LogP) is 2.08. The number of nitrogens with zero attached hydrogens (tertiary/aromatic N) is 1. The van der Waals surface area contributed by atoms with Gasteiger partial charge in [-0.15, -0.1) is 0 Å². The molecule has 0 aromatic carbocycles. The average Bonchev–Trinajstić information content (AvgIpc) is 2.44. The zero-order chi connectivity index (χ0) is 14.7. The lowest BCUT2D eigenvalue weighted by molar-refractivity contribution is -0.0153. The summed E-state index contributed by atoms with van der Waals surface area (Å²) >= 11 is 0. The van der Waals surface area contributed by atoms with Crippen molar-refractivity contribution in [1.29, 1.82) is 0 Å². The highest BCUT2D eigenvalue weighted by molar-refractivity contribution is 6.60. The van der Waals surface area contributed by atoms with E-state index in [1.165, 1.54) is 25.7 Å². The van der Waals surface area contributed by atoms with E-state index in [1.807, 2.05) is 0 Å². The monoisotopic (exact) mass is 305 g/mol. The molecule has 0 N–H and O–H groups in total. The Morgan fingerprint density at radius 1 is 0.950 bits per heavy atom. The fourth-order valence-corrected chi connectivity index (χ4v) is 4.52. The van der Waals surface area contributed by atoms with Crippen LogP contribution in [0, 0.1) is 0 Å². The van der Waals surface area contributed by atoms with Crippen LogP contribution >= 0.6 is 0 Å². The SMILES string of the molecule is CCCCN(CCCC)C[Si]1(OC)OCCOCCO1. The van der Waals surface area contributed by atoms with Crippen molar-refractivity contribution in [2.24, 2.45) is 0 Å². The second kappa shape index (κ2) is 10.7. The number of hydrogen-bond acceptors (Lipinski definition) is 5. The molecule has 1 aliphatic rings.